The molecule has 82 valence electrons. The Hall–Kier alpha value is -1.01. The molecule has 5 nitrogen and oxygen atoms in total. The van der Waals surface area contributed by atoms with Crippen molar-refractivity contribution >= 4 is 17.7 Å². The lowest BCUT2D eigenvalue weighted by Crippen LogP contribution is -2.44. The minimum absolute atomic E-state index is 0.257. The Kier molecular flexibility index (Phi) is 3.27. The molecular weight excluding hydrogens is 212 g/mol. The monoisotopic (exact) mass is 226 g/mol. The molecule has 0 radical (unpaired) electrons. The summed E-state index contributed by atoms with van der Waals surface area (Å²) in [7, 11) is 0. The summed E-state index contributed by atoms with van der Waals surface area (Å²) in [5.41, 5.74) is 5.31. The van der Waals surface area contributed by atoms with Crippen molar-refractivity contribution in [2.45, 2.75) is 30.1 Å². The van der Waals surface area contributed by atoms with Gasteiger partial charge in [0.05, 0.1) is 6.04 Å². The Bertz CT molecular complexity index is 323. The molecular formula is C9H14N4OS. The van der Waals surface area contributed by atoms with Crippen LogP contribution in [0.5, 0.6) is 0 Å². The van der Waals surface area contributed by atoms with Gasteiger partial charge in [-0.25, -0.2) is 4.98 Å². The van der Waals surface area contributed by atoms with Crippen molar-refractivity contribution in [2.24, 2.45) is 5.73 Å². The molecule has 1 aliphatic rings. The second-order valence-corrected chi connectivity index (χ2v) is 4.61. The fraction of sp³-hybridized carbons (Fsp3) is 0.556. The van der Waals surface area contributed by atoms with Crippen LogP contribution in [0.15, 0.2) is 17.6 Å². The molecule has 2 rings (SSSR count). The number of carbonyl (C=O) groups is 1. The van der Waals surface area contributed by atoms with Gasteiger partial charge in [-0.3, -0.25) is 4.79 Å². The maximum absolute atomic E-state index is 11.1. The van der Waals surface area contributed by atoms with Crippen LogP contribution in [0.3, 0.4) is 0 Å². The molecule has 0 spiro atoms. The Morgan fingerprint density at radius 1 is 1.80 bits per heavy atom. The first kappa shape index (κ1) is 10.5. The molecule has 15 heavy (non-hydrogen) atoms. The lowest BCUT2D eigenvalue weighted by molar-refractivity contribution is -0.119. The highest BCUT2D eigenvalue weighted by Crippen LogP contribution is 2.21. The van der Waals surface area contributed by atoms with E-state index in [-0.39, 0.29) is 11.9 Å². The van der Waals surface area contributed by atoms with Crippen LogP contribution in [0.2, 0.25) is 0 Å². The Morgan fingerprint density at radius 2 is 2.60 bits per heavy atom. The van der Waals surface area contributed by atoms with E-state index >= 15 is 0 Å². The lowest BCUT2D eigenvalue weighted by atomic mass is 10.3. The number of carbonyl (C=O) groups excluding carboxylic acids is 1. The number of hydrogen-bond donors (Lipinski definition) is 3. The van der Waals surface area contributed by atoms with Gasteiger partial charge in [0.2, 0.25) is 5.91 Å². The van der Waals surface area contributed by atoms with Crippen LogP contribution in [-0.4, -0.2) is 33.7 Å². The summed E-state index contributed by atoms with van der Waals surface area (Å²) in [6.45, 7) is 0. The van der Waals surface area contributed by atoms with E-state index < -0.39 is 0 Å². The average Bonchev–Trinajstić information content (AvgIpc) is 2.87. The molecule has 0 bridgehead atoms. The van der Waals surface area contributed by atoms with Crippen LogP contribution in [0.4, 0.5) is 0 Å². The van der Waals surface area contributed by atoms with Gasteiger partial charge in [0.25, 0.3) is 0 Å². The average molecular weight is 226 g/mol. The number of hydrogen-bond acceptors (Lipinski definition) is 4. The SMILES string of the molecule is NC(=O)C(CSc1ncc[nH]1)NC1CC1. The van der Waals surface area contributed by atoms with Gasteiger partial charge in [-0.1, -0.05) is 11.8 Å². The fourth-order valence-electron chi connectivity index (χ4n) is 1.24. The Balaban J connectivity index is 1.80. The molecule has 6 heteroatoms. The highest BCUT2D eigenvalue weighted by Gasteiger charge is 2.27. The topological polar surface area (TPSA) is 83.8 Å². The summed E-state index contributed by atoms with van der Waals surface area (Å²) in [6.07, 6.45) is 5.75. The van der Waals surface area contributed by atoms with Crippen molar-refractivity contribution in [3.05, 3.63) is 12.4 Å². The summed E-state index contributed by atoms with van der Waals surface area (Å²) >= 11 is 1.50. The van der Waals surface area contributed by atoms with Crippen molar-refractivity contribution < 1.29 is 4.79 Å². The van der Waals surface area contributed by atoms with Gasteiger partial charge < -0.3 is 16.0 Å². The molecule has 1 aliphatic carbocycles. The third-order valence-corrected chi connectivity index (χ3v) is 3.21. The summed E-state index contributed by atoms with van der Waals surface area (Å²) in [6, 6.07) is 0.229. The van der Waals surface area contributed by atoms with Gasteiger partial charge in [0, 0.05) is 24.2 Å². The first-order chi connectivity index (χ1) is 7.25. The molecule has 0 aromatic carbocycles. The number of amides is 1. The van der Waals surface area contributed by atoms with Crippen molar-refractivity contribution in [1.29, 1.82) is 0 Å². The smallest absolute Gasteiger partial charge is 0.235 e. The number of nitrogens with two attached hydrogens (primary N) is 1. The van der Waals surface area contributed by atoms with Gasteiger partial charge in [-0.2, -0.15) is 0 Å². The van der Waals surface area contributed by atoms with Crippen LogP contribution >= 0.6 is 11.8 Å². The molecule has 4 N–H and O–H groups in total. The molecule has 1 heterocycles. The first-order valence-corrected chi connectivity index (χ1v) is 5.92. The molecule has 0 saturated heterocycles. The number of nitrogens with zero attached hydrogens (tertiary/aromatic N) is 1. The standard InChI is InChI=1S/C9H14N4OS/c10-8(14)7(13-6-1-2-6)5-15-9-11-3-4-12-9/h3-4,6-7,13H,1-2,5H2,(H2,10,14)(H,11,12). The normalized spacial score (nSPS) is 17.6. The first-order valence-electron chi connectivity index (χ1n) is 4.93. The van der Waals surface area contributed by atoms with Crippen molar-refractivity contribution in [1.82, 2.24) is 15.3 Å². The van der Waals surface area contributed by atoms with E-state index in [2.05, 4.69) is 15.3 Å². The van der Waals surface area contributed by atoms with Gasteiger partial charge in [-0.15, -0.1) is 0 Å². The molecule has 1 unspecified atom stereocenters. The predicted molar refractivity (Wildman–Crippen MR) is 58.5 cm³/mol. The van der Waals surface area contributed by atoms with Crippen molar-refractivity contribution in [3.8, 4) is 0 Å². The third-order valence-electron chi connectivity index (χ3n) is 2.22. The van der Waals surface area contributed by atoms with E-state index in [0.717, 1.165) is 18.0 Å². The highest BCUT2D eigenvalue weighted by molar-refractivity contribution is 7.99. The molecule has 1 fully saturated rings. The number of thioether (sulfide) groups is 1. The maximum Gasteiger partial charge on any atom is 0.235 e. The zero-order valence-corrected chi connectivity index (χ0v) is 9.09. The third kappa shape index (κ3) is 3.24. The predicted octanol–water partition coefficient (Wildman–Crippen LogP) is 0.108. The highest BCUT2D eigenvalue weighted by atomic mass is 32.2. The number of H-pyrrole nitrogens is 1. The van der Waals surface area contributed by atoms with E-state index in [4.69, 9.17) is 5.73 Å². The molecule has 1 atom stereocenters. The zero-order chi connectivity index (χ0) is 10.7. The van der Waals surface area contributed by atoms with Gasteiger partial charge in [0.15, 0.2) is 5.16 Å². The second-order valence-electron chi connectivity index (χ2n) is 3.60. The number of aromatic nitrogens is 2. The molecule has 1 amide bonds. The summed E-state index contributed by atoms with van der Waals surface area (Å²) in [5.74, 6) is 0.334. The van der Waals surface area contributed by atoms with E-state index in [1.807, 2.05) is 0 Å². The number of primary amides is 1. The largest absolute Gasteiger partial charge is 0.368 e. The number of imidazole rings is 1. The fourth-order valence-corrected chi connectivity index (χ4v) is 2.11. The minimum atomic E-state index is -0.291. The van der Waals surface area contributed by atoms with E-state index in [0.29, 0.717) is 11.8 Å². The quantitative estimate of drug-likeness (QED) is 0.601. The van der Waals surface area contributed by atoms with E-state index in [1.54, 1.807) is 12.4 Å². The molecule has 1 saturated carbocycles. The number of nitrogens with one attached hydrogen (secondary N) is 2. The van der Waals surface area contributed by atoms with Crippen LogP contribution in [0.1, 0.15) is 12.8 Å². The van der Waals surface area contributed by atoms with Crippen molar-refractivity contribution in [2.75, 3.05) is 5.75 Å². The maximum atomic E-state index is 11.1. The van der Waals surface area contributed by atoms with Gasteiger partial charge in [0.1, 0.15) is 0 Å². The minimum Gasteiger partial charge on any atom is -0.368 e. The number of aromatic amines is 1. The molecule has 0 aliphatic heterocycles. The van der Waals surface area contributed by atoms with Crippen LogP contribution in [0.25, 0.3) is 0 Å². The van der Waals surface area contributed by atoms with Gasteiger partial charge in [-0.05, 0) is 12.8 Å². The summed E-state index contributed by atoms with van der Waals surface area (Å²) in [5, 5.41) is 4.03. The summed E-state index contributed by atoms with van der Waals surface area (Å²) < 4.78 is 0. The zero-order valence-electron chi connectivity index (χ0n) is 8.27. The molecule has 1 aromatic heterocycles. The van der Waals surface area contributed by atoms with Gasteiger partial charge >= 0.3 is 0 Å². The lowest BCUT2D eigenvalue weighted by Gasteiger charge is -2.13. The van der Waals surface area contributed by atoms with Crippen molar-refractivity contribution in [3.63, 3.8) is 0 Å². The second kappa shape index (κ2) is 4.67. The number of rotatable bonds is 6. The Labute approximate surface area is 92.2 Å². The molecule has 1 aromatic rings. The Morgan fingerprint density at radius 3 is 3.13 bits per heavy atom. The van der Waals surface area contributed by atoms with E-state index in [9.17, 15) is 4.79 Å². The van der Waals surface area contributed by atoms with Crippen LogP contribution < -0.4 is 11.1 Å². The van der Waals surface area contributed by atoms with Crippen LogP contribution in [0, 0.1) is 0 Å². The summed E-state index contributed by atoms with van der Waals surface area (Å²) in [4.78, 5) is 18.2. The van der Waals surface area contributed by atoms with Crippen LogP contribution in [-0.2, 0) is 4.79 Å². The van der Waals surface area contributed by atoms with E-state index in [1.165, 1.54) is 11.8 Å².